The van der Waals surface area contributed by atoms with Crippen molar-refractivity contribution in [1.29, 1.82) is 0 Å². The van der Waals surface area contributed by atoms with E-state index in [0.29, 0.717) is 13.0 Å². The Hall–Kier alpha value is -2.70. The Morgan fingerprint density at radius 3 is 2.88 bits per heavy atom. The first kappa shape index (κ1) is 16.2. The van der Waals surface area contributed by atoms with Crippen molar-refractivity contribution in [3.8, 4) is 0 Å². The van der Waals surface area contributed by atoms with E-state index in [9.17, 15) is 9.59 Å². The Morgan fingerprint density at radius 1 is 1.25 bits per heavy atom. The van der Waals surface area contributed by atoms with Gasteiger partial charge in [0.05, 0.1) is 6.42 Å². The number of nitrogens with zero attached hydrogens (tertiary/aromatic N) is 4. The van der Waals surface area contributed by atoms with Crippen LogP contribution < -0.4 is 5.73 Å². The predicted molar refractivity (Wildman–Crippen MR) is 87.9 cm³/mol. The molecule has 1 aliphatic heterocycles. The lowest BCUT2D eigenvalue weighted by atomic mass is 9.96. The van der Waals surface area contributed by atoms with Gasteiger partial charge in [-0.05, 0) is 25.0 Å². The van der Waals surface area contributed by atoms with Crippen LogP contribution in [0.4, 0.5) is 0 Å². The maximum Gasteiger partial charge on any atom is 0.237 e. The molecule has 2 N–H and O–H groups in total. The monoisotopic (exact) mass is 327 g/mol. The van der Waals surface area contributed by atoms with Crippen molar-refractivity contribution in [2.45, 2.75) is 31.7 Å². The van der Waals surface area contributed by atoms with Gasteiger partial charge in [0.25, 0.3) is 0 Å². The molecular formula is C17H21N5O2. The molecule has 3 heterocycles. The summed E-state index contributed by atoms with van der Waals surface area (Å²) in [5, 5.41) is 0. The van der Waals surface area contributed by atoms with E-state index in [1.54, 1.807) is 23.2 Å². The second-order valence-electron chi connectivity index (χ2n) is 6.06. The zero-order valence-corrected chi connectivity index (χ0v) is 13.5. The highest BCUT2D eigenvalue weighted by molar-refractivity contribution is 5.78. The fourth-order valence-corrected chi connectivity index (χ4v) is 3.17. The predicted octanol–water partition coefficient (Wildman–Crippen LogP) is 0.712. The summed E-state index contributed by atoms with van der Waals surface area (Å²) in [5.74, 6) is 0.629. The molecule has 0 bridgehead atoms. The Kier molecular flexibility index (Phi) is 4.88. The summed E-state index contributed by atoms with van der Waals surface area (Å²) in [6.07, 6.45) is 7.30. The zero-order chi connectivity index (χ0) is 16.9. The van der Waals surface area contributed by atoms with Gasteiger partial charge in [-0.25, -0.2) is 4.98 Å². The maximum absolute atomic E-state index is 12.5. The van der Waals surface area contributed by atoms with Gasteiger partial charge in [-0.1, -0.05) is 6.07 Å². The number of primary amides is 1. The van der Waals surface area contributed by atoms with Gasteiger partial charge in [0.15, 0.2) is 0 Å². The Bertz CT molecular complexity index is 713. The number of amides is 2. The van der Waals surface area contributed by atoms with Crippen LogP contribution in [0.2, 0.25) is 0 Å². The van der Waals surface area contributed by atoms with E-state index in [2.05, 4.69) is 9.97 Å². The molecule has 0 aromatic carbocycles. The molecule has 1 aliphatic rings. The third-order valence-electron chi connectivity index (χ3n) is 4.27. The lowest BCUT2D eigenvalue weighted by Crippen LogP contribution is -2.40. The highest BCUT2D eigenvalue weighted by Crippen LogP contribution is 2.26. The SMILES string of the molecule is NC(=O)Cn1ccnc1C1CCCN(C(=O)Cc2ccccn2)C1. The van der Waals surface area contributed by atoms with Gasteiger partial charge in [0, 0.05) is 43.3 Å². The van der Waals surface area contributed by atoms with Crippen molar-refractivity contribution in [1.82, 2.24) is 19.4 Å². The minimum absolute atomic E-state index is 0.0754. The fourth-order valence-electron chi connectivity index (χ4n) is 3.17. The largest absolute Gasteiger partial charge is 0.368 e. The van der Waals surface area contributed by atoms with E-state index in [4.69, 9.17) is 5.73 Å². The smallest absolute Gasteiger partial charge is 0.237 e. The number of likely N-dealkylation sites (tertiary alicyclic amines) is 1. The van der Waals surface area contributed by atoms with E-state index in [-0.39, 0.29) is 18.4 Å². The number of carbonyl (C=O) groups excluding carboxylic acids is 2. The first-order valence-electron chi connectivity index (χ1n) is 8.10. The first-order chi connectivity index (χ1) is 11.6. The Labute approximate surface area is 140 Å². The van der Waals surface area contributed by atoms with Gasteiger partial charge in [0.1, 0.15) is 12.4 Å². The zero-order valence-electron chi connectivity index (χ0n) is 13.5. The summed E-state index contributed by atoms with van der Waals surface area (Å²) in [6.45, 7) is 1.48. The third-order valence-corrected chi connectivity index (χ3v) is 4.27. The van der Waals surface area contributed by atoms with Crippen LogP contribution in [-0.2, 0) is 22.6 Å². The molecule has 2 aromatic heterocycles. The van der Waals surface area contributed by atoms with Crippen LogP contribution in [-0.4, -0.2) is 44.3 Å². The van der Waals surface area contributed by atoms with Crippen molar-refractivity contribution in [3.63, 3.8) is 0 Å². The minimum Gasteiger partial charge on any atom is -0.368 e. The summed E-state index contributed by atoms with van der Waals surface area (Å²) in [4.78, 5) is 34.2. The molecule has 1 fully saturated rings. The lowest BCUT2D eigenvalue weighted by Gasteiger charge is -2.32. The van der Waals surface area contributed by atoms with Gasteiger partial charge >= 0.3 is 0 Å². The number of rotatable bonds is 5. The number of hydrogen-bond donors (Lipinski definition) is 1. The number of piperidine rings is 1. The minimum atomic E-state index is -0.395. The molecule has 2 aromatic rings. The van der Waals surface area contributed by atoms with Gasteiger partial charge in [-0.2, -0.15) is 0 Å². The van der Waals surface area contributed by atoms with Crippen molar-refractivity contribution in [2.24, 2.45) is 5.73 Å². The topological polar surface area (TPSA) is 94.1 Å². The lowest BCUT2D eigenvalue weighted by molar-refractivity contribution is -0.131. The van der Waals surface area contributed by atoms with Crippen LogP contribution in [0.1, 0.15) is 30.3 Å². The van der Waals surface area contributed by atoms with E-state index in [1.807, 2.05) is 23.1 Å². The molecule has 1 unspecified atom stereocenters. The van der Waals surface area contributed by atoms with Crippen LogP contribution in [0.25, 0.3) is 0 Å². The molecule has 24 heavy (non-hydrogen) atoms. The number of carbonyl (C=O) groups is 2. The van der Waals surface area contributed by atoms with Crippen molar-refractivity contribution >= 4 is 11.8 Å². The van der Waals surface area contributed by atoms with Crippen molar-refractivity contribution in [3.05, 3.63) is 48.3 Å². The first-order valence-corrected chi connectivity index (χ1v) is 8.10. The number of hydrogen-bond acceptors (Lipinski definition) is 4. The second-order valence-corrected chi connectivity index (χ2v) is 6.06. The van der Waals surface area contributed by atoms with E-state index in [1.165, 1.54) is 0 Å². The van der Waals surface area contributed by atoms with Gasteiger partial charge < -0.3 is 15.2 Å². The second kappa shape index (κ2) is 7.25. The normalized spacial score (nSPS) is 17.7. The summed E-state index contributed by atoms with van der Waals surface area (Å²) < 4.78 is 1.78. The van der Waals surface area contributed by atoms with E-state index in [0.717, 1.165) is 30.9 Å². The summed E-state index contributed by atoms with van der Waals surface area (Å²) in [6, 6.07) is 5.58. The third kappa shape index (κ3) is 3.79. The molecular weight excluding hydrogens is 306 g/mol. The maximum atomic E-state index is 12.5. The number of imidazole rings is 1. The average Bonchev–Trinajstić information content (AvgIpc) is 3.03. The quantitative estimate of drug-likeness (QED) is 0.875. The van der Waals surface area contributed by atoms with Crippen LogP contribution in [0.15, 0.2) is 36.8 Å². The van der Waals surface area contributed by atoms with Gasteiger partial charge in [-0.15, -0.1) is 0 Å². The van der Waals surface area contributed by atoms with Crippen LogP contribution in [0.5, 0.6) is 0 Å². The molecule has 7 nitrogen and oxygen atoms in total. The van der Waals surface area contributed by atoms with Crippen LogP contribution in [0, 0.1) is 0 Å². The number of pyridine rings is 1. The molecule has 0 spiro atoms. The molecule has 0 radical (unpaired) electrons. The standard InChI is InChI=1S/C17H21N5O2/c18-15(23)12-22-9-7-20-17(22)13-4-3-8-21(11-13)16(24)10-14-5-1-2-6-19-14/h1-2,5-7,9,13H,3-4,8,10-12H2,(H2,18,23). The summed E-state index contributed by atoms with van der Waals surface area (Å²) in [5.41, 5.74) is 6.06. The molecule has 2 amide bonds. The molecule has 1 atom stereocenters. The highest BCUT2D eigenvalue weighted by atomic mass is 16.2. The number of aromatic nitrogens is 3. The highest BCUT2D eigenvalue weighted by Gasteiger charge is 2.27. The summed E-state index contributed by atoms with van der Waals surface area (Å²) >= 11 is 0. The number of nitrogens with two attached hydrogens (primary N) is 1. The molecule has 1 saturated heterocycles. The van der Waals surface area contributed by atoms with Gasteiger partial charge in [0.2, 0.25) is 11.8 Å². The molecule has 7 heteroatoms. The average molecular weight is 327 g/mol. The summed E-state index contributed by atoms with van der Waals surface area (Å²) in [7, 11) is 0. The molecule has 3 rings (SSSR count). The Morgan fingerprint density at radius 2 is 2.12 bits per heavy atom. The van der Waals surface area contributed by atoms with Gasteiger partial charge in [-0.3, -0.25) is 14.6 Å². The molecule has 126 valence electrons. The fraction of sp³-hybridized carbons (Fsp3) is 0.412. The van der Waals surface area contributed by atoms with Crippen LogP contribution in [0.3, 0.4) is 0 Å². The van der Waals surface area contributed by atoms with E-state index < -0.39 is 5.91 Å². The van der Waals surface area contributed by atoms with Crippen molar-refractivity contribution < 1.29 is 9.59 Å². The van der Waals surface area contributed by atoms with E-state index >= 15 is 0 Å². The Balaban J connectivity index is 1.67. The van der Waals surface area contributed by atoms with Crippen LogP contribution >= 0.6 is 0 Å². The van der Waals surface area contributed by atoms with Crippen molar-refractivity contribution in [2.75, 3.05) is 13.1 Å². The molecule has 0 saturated carbocycles. The molecule has 0 aliphatic carbocycles.